The number of hydrogen-bond donors (Lipinski definition) is 2. The van der Waals surface area contributed by atoms with Crippen molar-refractivity contribution in [3.05, 3.63) is 82.3 Å². The topological polar surface area (TPSA) is 124 Å². The van der Waals surface area contributed by atoms with Gasteiger partial charge in [-0.2, -0.15) is 13.2 Å². The molecule has 0 aliphatic heterocycles. The number of non-ortho nitro benzene ring substituents is 1. The van der Waals surface area contributed by atoms with Crippen LogP contribution in [0.3, 0.4) is 0 Å². The third-order valence-corrected chi connectivity index (χ3v) is 4.25. The number of benzene rings is 2. The molecule has 9 nitrogen and oxygen atoms in total. The van der Waals surface area contributed by atoms with Crippen LogP contribution in [-0.2, 0) is 11.0 Å². The summed E-state index contributed by atoms with van der Waals surface area (Å²) in [4.78, 5) is 34.1. The van der Waals surface area contributed by atoms with Crippen LogP contribution < -0.4 is 15.4 Å². The molecule has 0 atom stereocenters. The van der Waals surface area contributed by atoms with Gasteiger partial charge in [0.2, 0.25) is 5.91 Å². The molecule has 12 heteroatoms. The molecule has 3 rings (SSSR count). The van der Waals surface area contributed by atoms with Crippen LogP contribution in [0.1, 0.15) is 22.5 Å². The van der Waals surface area contributed by atoms with E-state index in [1.54, 1.807) is 0 Å². The number of nitrogens with one attached hydrogen (secondary N) is 2. The molecule has 0 saturated heterocycles. The zero-order valence-electron chi connectivity index (χ0n) is 16.7. The Kier molecular flexibility index (Phi) is 6.96. The van der Waals surface area contributed by atoms with E-state index in [1.807, 2.05) is 0 Å². The van der Waals surface area contributed by atoms with Crippen molar-refractivity contribution in [1.82, 2.24) is 0 Å². The lowest BCUT2D eigenvalue weighted by atomic mass is 10.1. The maximum absolute atomic E-state index is 13.5. The molecule has 0 aliphatic rings. The molecular weight excluding hydrogens is 447 g/mol. The Bertz CT molecular complexity index is 1150. The van der Waals surface area contributed by atoms with Gasteiger partial charge in [0.25, 0.3) is 11.6 Å². The first-order chi connectivity index (χ1) is 15.6. The van der Waals surface area contributed by atoms with Crippen LogP contribution in [0.25, 0.3) is 0 Å². The monoisotopic (exact) mass is 463 g/mol. The molecule has 0 spiro atoms. The van der Waals surface area contributed by atoms with Gasteiger partial charge in [-0.05, 0) is 42.5 Å². The summed E-state index contributed by atoms with van der Waals surface area (Å²) < 4.78 is 50.7. The van der Waals surface area contributed by atoms with Crippen LogP contribution in [0, 0.1) is 10.1 Å². The van der Waals surface area contributed by atoms with Crippen molar-refractivity contribution in [1.29, 1.82) is 0 Å². The third-order valence-electron chi connectivity index (χ3n) is 4.25. The van der Waals surface area contributed by atoms with Gasteiger partial charge in [-0.3, -0.25) is 19.7 Å². The standard InChI is InChI=1S/C21H16F3N3O6/c22-21(23,24)16-12-13(25-20(29)18-2-1-10-33-18)3-8-17(16)26-19(28)9-11-32-15-6-4-14(5-7-15)27(30)31/h1-8,10,12H,9,11H2,(H,25,29)(H,26,28). The van der Waals surface area contributed by atoms with Gasteiger partial charge >= 0.3 is 6.18 Å². The first-order valence-corrected chi connectivity index (χ1v) is 9.36. The molecule has 0 aliphatic carbocycles. The summed E-state index contributed by atoms with van der Waals surface area (Å²) in [7, 11) is 0. The van der Waals surface area contributed by atoms with E-state index in [0.29, 0.717) is 6.07 Å². The molecule has 0 unspecified atom stereocenters. The van der Waals surface area contributed by atoms with Gasteiger partial charge in [-0.1, -0.05) is 0 Å². The quantitative estimate of drug-likeness (QED) is 0.363. The Morgan fingerprint density at radius 1 is 1.06 bits per heavy atom. The smallest absolute Gasteiger partial charge is 0.418 e. The van der Waals surface area contributed by atoms with Crippen LogP contribution in [-0.4, -0.2) is 23.3 Å². The number of halogens is 3. The van der Waals surface area contributed by atoms with E-state index >= 15 is 0 Å². The van der Waals surface area contributed by atoms with E-state index in [-0.39, 0.29) is 35.9 Å². The minimum atomic E-state index is -4.80. The minimum Gasteiger partial charge on any atom is -0.493 e. The van der Waals surface area contributed by atoms with Crippen molar-refractivity contribution in [3.63, 3.8) is 0 Å². The van der Waals surface area contributed by atoms with E-state index in [0.717, 1.165) is 6.07 Å². The van der Waals surface area contributed by atoms with E-state index in [2.05, 4.69) is 10.6 Å². The molecule has 33 heavy (non-hydrogen) atoms. The van der Waals surface area contributed by atoms with Crippen molar-refractivity contribution in [2.24, 2.45) is 0 Å². The van der Waals surface area contributed by atoms with Gasteiger partial charge in [-0.15, -0.1) is 0 Å². The van der Waals surface area contributed by atoms with E-state index in [9.17, 15) is 32.9 Å². The summed E-state index contributed by atoms with van der Waals surface area (Å²) >= 11 is 0. The largest absolute Gasteiger partial charge is 0.493 e. The summed E-state index contributed by atoms with van der Waals surface area (Å²) in [6.45, 7) is -0.164. The molecule has 0 radical (unpaired) electrons. The second-order valence-electron chi connectivity index (χ2n) is 6.59. The number of ether oxygens (including phenoxy) is 1. The lowest BCUT2D eigenvalue weighted by molar-refractivity contribution is -0.384. The first-order valence-electron chi connectivity index (χ1n) is 9.36. The van der Waals surface area contributed by atoms with Crippen molar-refractivity contribution in [3.8, 4) is 5.75 Å². The minimum absolute atomic E-state index is 0.0750. The lowest BCUT2D eigenvalue weighted by Crippen LogP contribution is -2.19. The second kappa shape index (κ2) is 9.85. The number of carbonyl (C=O) groups excluding carboxylic acids is 2. The Morgan fingerprint density at radius 3 is 2.39 bits per heavy atom. The number of rotatable bonds is 8. The molecule has 0 fully saturated rings. The zero-order chi connectivity index (χ0) is 24.0. The fraction of sp³-hybridized carbons (Fsp3) is 0.143. The SMILES string of the molecule is O=C(CCOc1ccc([N+](=O)[O-])cc1)Nc1ccc(NC(=O)c2ccco2)cc1C(F)(F)F. The maximum Gasteiger partial charge on any atom is 0.418 e. The molecule has 0 saturated carbocycles. The Balaban J connectivity index is 1.62. The van der Waals surface area contributed by atoms with Crippen LogP contribution in [0.2, 0.25) is 0 Å². The highest BCUT2D eigenvalue weighted by Gasteiger charge is 2.34. The number of nitro groups is 1. The normalized spacial score (nSPS) is 11.0. The van der Waals surface area contributed by atoms with E-state index in [1.165, 1.54) is 48.7 Å². The third kappa shape index (κ3) is 6.32. The van der Waals surface area contributed by atoms with Crippen LogP contribution >= 0.6 is 0 Å². The van der Waals surface area contributed by atoms with Crippen LogP contribution in [0.4, 0.5) is 30.2 Å². The highest BCUT2D eigenvalue weighted by atomic mass is 19.4. The summed E-state index contributed by atoms with van der Waals surface area (Å²) in [6, 6.07) is 10.9. The first kappa shape index (κ1) is 23.3. The van der Waals surface area contributed by atoms with E-state index in [4.69, 9.17) is 9.15 Å². The van der Waals surface area contributed by atoms with Crippen LogP contribution in [0.5, 0.6) is 5.75 Å². The Hall–Kier alpha value is -4.35. The van der Waals surface area contributed by atoms with Gasteiger partial charge < -0.3 is 19.8 Å². The molecule has 172 valence electrons. The highest BCUT2D eigenvalue weighted by Crippen LogP contribution is 2.36. The summed E-state index contributed by atoms with van der Waals surface area (Å²) in [5.74, 6) is -1.28. The van der Waals surface area contributed by atoms with Crippen LogP contribution in [0.15, 0.2) is 65.3 Å². The van der Waals surface area contributed by atoms with Crippen molar-refractivity contribution >= 4 is 28.9 Å². The lowest BCUT2D eigenvalue weighted by Gasteiger charge is -2.16. The second-order valence-corrected chi connectivity index (χ2v) is 6.59. The molecular formula is C21H16F3N3O6. The van der Waals surface area contributed by atoms with E-state index < -0.39 is 34.2 Å². The molecule has 3 aromatic rings. The molecule has 2 aromatic carbocycles. The van der Waals surface area contributed by atoms with Gasteiger partial charge in [0.1, 0.15) is 5.75 Å². The number of amides is 2. The number of alkyl halides is 3. The number of carbonyl (C=O) groups is 2. The molecule has 2 N–H and O–H groups in total. The maximum atomic E-state index is 13.5. The average Bonchev–Trinajstić information content (AvgIpc) is 3.29. The summed E-state index contributed by atoms with van der Waals surface area (Å²) in [6.07, 6.45) is -3.82. The van der Waals surface area contributed by atoms with Gasteiger partial charge in [-0.25, -0.2) is 0 Å². The van der Waals surface area contributed by atoms with Crippen molar-refractivity contribution in [2.75, 3.05) is 17.2 Å². The molecule has 2 amide bonds. The summed E-state index contributed by atoms with van der Waals surface area (Å²) in [5, 5.41) is 15.1. The zero-order valence-corrected chi connectivity index (χ0v) is 16.7. The average molecular weight is 463 g/mol. The fourth-order valence-electron chi connectivity index (χ4n) is 2.70. The Morgan fingerprint density at radius 2 is 1.79 bits per heavy atom. The van der Waals surface area contributed by atoms with Gasteiger partial charge in [0, 0.05) is 17.8 Å². The van der Waals surface area contributed by atoms with Gasteiger partial charge in [0.05, 0.1) is 35.5 Å². The molecule has 0 bridgehead atoms. The number of anilines is 2. The highest BCUT2D eigenvalue weighted by molar-refractivity contribution is 6.02. The van der Waals surface area contributed by atoms with Crippen molar-refractivity contribution < 1.29 is 36.8 Å². The number of hydrogen-bond acceptors (Lipinski definition) is 6. The molecule has 1 aromatic heterocycles. The predicted octanol–water partition coefficient (Wildman–Crippen LogP) is 4.87. The fourth-order valence-corrected chi connectivity index (χ4v) is 2.70. The summed E-state index contributed by atoms with van der Waals surface area (Å²) in [5.41, 5.74) is -1.91. The molecule has 1 heterocycles. The number of nitrogens with zero attached hydrogens (tertiary/aromatic N) is 1. The predicted molar refractivity (Wildman–Crippen MR) is 110 cm³/mol. The number of furan rings is 1. The van der Waals surface area contributed by atoms with Crippen molar-refractivity contribution in [2.45, 2.75) is 12.6 Å². The Labute approximate surface area is 184 Å². The number of nitro benzene ring substituents is 1. The van der Waals surface area contributed by atoms with Gasteiger partial charge in [0.15, 0.2) is 5.76 Å².